The Morgan fingerprint density at radius 3 is 2.79 bits per heavy atom. The van der Waals surface area contributed by atoms with Crippen molar-refractivity contribution in [3.8, 4) is 6.07 Å². The summed E-state index contributed by atoms with van der Waals surface area (Å²) in [7, 11) is 0. The molecular formula is C12H6KN3O3. The number of hydrogen-bond donors (Lipinski definition) is 1. The van der Waals surface area contributed by atoms with Crippen LogP contribution in [-0.4, -0.2) is 22.0 Å². The summed E-state index contributed by atoms with van der Waals surface area (Å²) in [5.41, 5.74) is 0.747. The third-order valence-electron chi connectivity index (χ3n) is 2.28. The van der Waals surface area contributed by atoms with Gasteiger partial charge in [0.25, 0.3) is 0 Å². The van der Waals surface area contributed by atoms with Crippen molar-refractivity contribution in [1.29, 1.82) is 5.26 Å². The van der Waals surface area contributed by atoms with Gasteiger partial charge in [-0.25, -0.2) is 4.79 Å². The number of carboxylic acid groups (broad SMARTS) is 1. The van der Waals surface area contributed by atoms with Crippen LogP contribution < -0.4 is 56.5 Å². The Kier molecular flexibility index (Phi) is 5.59. The molecule has 0 aliphatic heterocycles. The van der Waals surface area contributed by atoms with Crippen LogP contribution in [0.2, 0.25) is 0 Å². The number of pyridine rings is 1. The second kappa shape index (κ2) is 6.74. The van der Waals surface area contributed by atoms with Gasteiger partial charge in [-0.1, -0.05) is 0 Å². The fourth-order valence-electron chi connectivity index (χ4n) is 1.51. The summed E-state index contributed by atoms with van der Waals surface area (Å²) in [5.74, 6) is -2.97. The number of hydrogen-bond acceptors (Lipinski definition) is 5. The number of nitriles is 1. The number of fused-ring (bicyclic) bond motifs is 1. The normalized spacial score (nSPS) is 10.6. The Morgan fingerprint density at radius 2 is 2.16 bits per heavy atom. The van der Waals surface area contributed by atoms with E-state index in [2.05, 4.69) is 9.98 Å². The first-order valence-electron chi connectivity index (χ1n) is 4.90. The van der Waals surface area contributed by atoms with E-state index < -0.39 is 11.9 Å². The van der Waals surface area contributed by atoms with Crippen LogP contribution in [0.5, 0.6) is 0 Å². The van der Waals surface area contributed by atoms with Gasteiger partial charge in [-0.15, -0.1) is 0 Å². The first-order valence-corrected chi connectivity index (χ1v) is 4.90. The number of carboxylic acids is 1. The molecule has 0 aliphatic rings. The minimum absolute atomic E-state index is 0. The van der Waals surface area contributed by atoms with Gasteiger partial charge in [0.15, 0.2) is 0 Å². The van der Waals surface area contributed by atoms with Crippen molar-refractivity contribution in [2.45, 2.75) is 0 Å². The SMILES string of the molecule is N#Cc1c(N=C([O-])C(=O)O)ccc2ncccc12.[K+]. The monoisotopic (exact) mass is 279 g/mol. The summed E-state index contributed by atoms with van der Waals surface area (Å²) in [4.78, 5) is 17.9. The maximum absolute atomic E-state index is 11.0. The summed E-state index contributed by atoms with van der Waals surface area (Å²) in [6.07, 6.45) is 1.57. The zero-order valence-corrected chi connectivity index (χ0v) is 13.1. The number of aliphatic imine (C=N–C) groups is 1. The van der Waals surface area contributed by atoms with Crippen molar-refractivity contribution in [3.05, 3.63) is 36.0 Å². The maximum atomic E-state index is 11.0. The Hall–Kier alpha value is -1.30. The zero-order valence-electron chi connectivity index (χ0n) is 9.99. The third-order valence-corrected chi connectivity index (χ3v) is 2.28. The maximum Gasteiger partial charge on any atom is 1.00 e. The largest absolute Gasteiger partial charge is 1.00 e. The molecule has 0 saturated carbocycles. The summed E-state index contributed by atoms with van der Waals surface area (Å²) in [5, 5.41) is 29.1. The van der Waals surface area contributed by atoms with E-state index in [9.17, 15) is 9.90 Å². The van der Waals surface area contributed by atoms with Crippen LogP contribution in [0.1, 0.15) is 5.56 Å². The molecule has 0 aliphatic carbocycles. The molecule has 0 fully saturated rings. The van der Waals surface area contributed by atoms with E-state index >= 15 is 0 Å². The van der Waals surface area contributed by atoms with Crippen molar-refractivity contribution < 1.29 is 66.4 Å². The molecule has 19 heavy (non-hydrogen) atoms. The second-order valence-electron chi connectivity index (χ2n) is 3.36. The number of benzene rings is 1. The van der Waals surface area contributed by atoms with Crippen molar-refractivity contribution >= 4 is 28.5 Å². The first kappa shape index (κ1) is 15.8. The molecule has 0 saturated heterocycles. The van der Waals surface area contributed by atoms with Crippen LogP contribution in [0.4, 0.5) is 5.69 Å². The third kappa shape index (κ3) is 3.37. The minimum atomic E-state index is -1.66. The van der Waals surface area contributed by atoms with Gasteiger partial charge in [0, 0.05) is 11.6 Å². The van der Waals surface area contributed by atoms with E-state index in [-0.39, 0.29) is 62.6 Å². The number of aliphatic carboxylic acids is 1. The van der Waals surface area contributed by atoms with Crippen molar-refractivity contribution in [2.75, 3.05) is 0 Å². The van der Waals surface area contributed by atoms with Gasteiger partial charge in [0.2, 0.25) is 0 Å². The average molecular weight is 279 g/mol. The summed E-state index contributed by atoms with van der Waals surface area (Å²) < 4.78 is 0. The number of aromatic nitrogens is 1. The van der Waals surface area contributed by atoms with Gasteiger partial charge >= 0.3 is 57.4 Å². The molecule has 1 aromatic heterocycles. The van der Waals surface area contributed by atoms with Gasteiger partial charge in [0.1, 0.15) is 6.07 Å². The Labute approximate surface area is 150 Å². The quantitative estimate of drug-likeness (QED) is 0.355. The van der Waals surface area contributed by atoms with Crippen LogP contribution >= 0.6 is 0 Å². The van der Waals surface area contributed by atoms with Gasteiger partial charge in [-0.3, -0.25) is 9.98 Å². The van der Waals surface area contributed by atoms with Gasteiger partial charge < -0.3 is 10.2 Å². The number of carbonyl (C=O) groups is 1. The van der Waals surface area contributed by atoms with Crippen LogP contribution in [0, 0.1) is 11.3 Å². The molecule has 88 valence electrons. The minimum Gasteiger partial charge on any atom is -0.854 e. The molecule has 0 radical (unpaired) electrons. The predicted octanol–water partition coefficient (Wildman–Crippen LogP) is -2.41. The van der Waals surface area contributed by atoms with Crippen molar-refractivity contribution in [3.63, 3.8) is 0 Å². The Bertz CT molecular complexity index is 707. The topological polar surface area (TPSA) is 109 Å². The molecule has 2 aromatic rings. The number of rotatable bonds is 1. The smallest absolute Gasteiger partial charge is 0.854 e. The van der Waals surface area contributed by atoms with Crippen molar-refractivity contribution in [1.82, 2.24) is 4.98 Å². The fraction of sp³-hybridized carbons (Fsp3) is 0. The molecule has 2 rings (SSSR count). The van der Waals surface area contributed by atoms with E-state index in [0.29, 0.717) is 10.9 Å². The van der Waals surface area contributed by atoms with E-state index in [1.165, 1.54) is 6.07 Å². The zero-order chi connectivity index (χ0) is 13.1. The van der Waals surface area contributed by atoms with E-state index in [0.717, 1.165) is 0 Å². The Morgan fingerprint density at radius 1 is 1.42 bits per heavy atom. The summed E-state index contributed by atoms with van der Waals surface area (Å²) in [6.45, 7) is 0. The van der Waals surface area contributed by atoms with Gasteiger partial charge in [-0.2, -0.15) is 5.26 Å². The molecule has 0 bridgehead atoms. The molecule has 0 unspecified atom stereocenters. The summed E-state index contributed by atoms with van der Waals surface area (Å²) in [6, 6.07) is 8.18. The van der Waals surface area contributed by atoms with E-state index in [1.54, 1.807) is 24.4 Å². The number of nitrogens with zero attached hydrogens (tertiary/aromatic N) is 3. The Balaban J connectivity index is 0.00000180. The second-order valence-corrected chi connectivity index (χ2v) is 3.36. The molecule has 7 heteroatoms. The first-order chi connectivity index (χ1) is 8.63. The van der Waals surface area contributed by atoms with Crippen LogP contribution in [0.15, 0.2) is 35.5 Å². The fourth-order valence-corrected chi connectivity index (χ4v) is 1.51. The molecule has 0 spiro atoms. The molecule has 1 N–H and O–H groups in total. The predicted molar refractivity (Wildman–Crippen MR) is 61.2 cm³/mol. The molecule has 0 amide bonds. The van der Waals surface area contributed by atoms with Gasteiger partial charge in [-0.05, 0) is 24.3 Å². The van der Waals surface area contributed by atoms with E-state index in [1.807, 2.05) is 6.07 Å². The van der Waals surface area contributed by atoms with Crippen molar-refractivity contribution in [2.24, 2.45) is 4.99 Å². The molecule has 6 nitrogen and oxygen atoms in total. The molecule has 1 heterocycles. The van der Waals surface area contributed by atoms with Gasteiger partial charge in [0.05, 0.1) is 22.7 Å². The average Bonchev–Trinajstić information content (AvgIpc) is 2.38. The van der Waals surface area contributed by atoms with E-state index in [4.69, 9.17) is 10.4 Å². The van der Waals surface area contributed by atoms with Crippen LogP contribution in [0.3, 0.4) is 0 Å². The van der Waals surface area contributed by atoms with Crippen LogP contribution in [0.25, 0.3) is 10.9 Å². The summed E-state index contributed by atoms with van der Waals surface area (Å²) >= 11 is 0. The molecule has 0 atom stereocenters. The molecule has 1 aromatic carbocycles. The van der Waals surface area contributed by atoms with Crippen LogP contribution in [-0.2, 0) is 4.79 Å². The molecular weight excluding hydrogens is 273 g/mol. The standard InChI is InChI=1S/C12H7N3O3.K/c13-6-8-7-2-1-5-14-9(7)3-4-10(8)15-11(16)12(17)18;/h1-5H,(H,15,16)(H,17,18);/q;+1/p-1.